The Bertz CT molecular complexity index is 893. The lowest BCUT2D eigenvalue weighted by Crippen LogP contribution is -2.41. The van der Waals surface area contributed by atoms with E-state index >= 15 is 0 Å². The van der Waals surface area contributed by atoms with E-state index in [0.717, 1.165) is 0 Å². The highest BCUT2D eigenvalue weighted by atomic mass is 32.2. The molecule has 8 nitrogen and oxygen atoms in total. The van der Waals surface area contributed by atoms with Gasteiger partial charge in [0.05, 0.1) is 33.1 Å². The molecule has 0 radical (unpaired) electrons. The molecule has 0 unspecified atom stereocenters. The number of nitrogens with zero attached hydrogens (tertiary/aromatic N) is 3. The Hall–Kier alpha value is -2.68. The van der Waals surface area contributed by atoms with Crippen LogP contribution >= 0.6 is 11.8 Å². The van der Waals surface area contributed by atoms with E-state index in [1.807, 2.05) is 0 Å². The average molecular weight is 389 g/mol. The van der Waals surface area contributed by atoms with Crippen LogP contribution in [-0.4, -0.2) is 38.2 Å². The van der Waals surface area contributed by atoms with Gasteiger partial charge in [0.1, 0.15) is 6.04 Å². The number of rotatable bonds is 4. The molecule has 0 spiro atoms. The van der Waals surface area contributed by atoms with Gasteiger partial charge >= 0.3 is 5.97 Å². The molecule has 1 aromatic carbocycles. The number of amidine groups is 1. The Labute approximate surface area is 160 Å². The number of nitro groups is 1. The number of amides is 1. The smallest absolute Gasteiger partial charge is 0.338 e. The molecule has 142 valence electrons. The second-order valence-electron chi connectivity index (χ2n) is 6.53. The molecule has 2 atom stereocenters. The zero-order valence-electron chi connectivity index (χ0n) is 15.3. The molecular formula is C18H19N3O5S. The van der Waals surface area contributed by atoms with Crippen LogP contribution in [0.3, 0.4) is 0 Å². The summed E-state index contributed by atoms with van der Waals surface area (Å²) in [6, 6.07) is 5.16. The highest BCUT2D eigenvalue weighted by molar-refractivity contribution is 8.15. The van der Waals surface area contributed by atoms with Gasteiger partial charge in [0.2, 0.25) is 5.91 Å². The monoisotopic (exact) mass is 389 g/mol. The van der Waals surface area contributed by atoms with Gasteiger partial charge in [-0.05, 0) is 33.8 Å². The van der Waals surface area contributed by atoms with Gasteiger partial charge < -0.3 is 4.74 Å². The molecule has 1 saturated heterocycles. The molecule has 1 fully saturated rings. The van der Waals surface area contributed by atoms with E-state index in [1.54, 1.807) is 45.9 Å². The van der Waals surface area contributed by atoms with Crippen molar-refractivity contribution in [3.8, 4) is 0 Å². The first-order chi connectivity index (χ1) is 12.7. The largest absolute Gasteiger partial charge is 0.459 e. The SMILES string of the molecule is CC1=C(C(=O)OC(C)C)[C@H](c2ccccc2[N+](=O)[O-])N2C(=O)[C@@H](C)SC2=N1. The Morgan fingerprint density at radius 1 is 1.37 bits per heavy atom. The van der Waals surface area contributed by atoms with E-state index in [9.17, 15) is 19.7 Å². The zero-order valence-corrected chi connectivity index (χ0v) is 16.1. The number of hydrogen-bond donors (Lipinski definition) is 0. The highest BCUT2D eigenvalue weighted by Gasteiger charge is 2.48. The average Bonchev–Trinajstić information content (AvgIpc) is 2.86. The summed E-state index contributed by atoms with van der Waals surface area (Å²) in [5.41, 5.74) is 0.631. The van der Waals surface area contributed by atoms with E-state index in [1.165, 1.54) is 22.7 Å². The lowest BCUT2D eigenvalue weighted by molar-refractivity contribution is -0.385. The van der Waals surface area contributed by atoms with Crippen molar-refractivity contribution in [3.63, 3.8) is 0 Å². The highest BCUT2D eigenvalue weighted by Crippen LogP contribution is 2.45. The van der Waals surface area contributed by atoms with Crippen LogP contribution < -0.4 is 0 Å². The summed E-state index contributed by atoms with van der Waals surface area (Å²) in [7, 11) is 0. The van der Waals surface area contributed by atoms with Crippen LogP contribution in [0.15, 0.2) is 40.5 Å². The van der Waals surface area contributed by atoms with Crippen LogP contribution in [0.2, 0.25) is 0 Å². The van der Waals surface area contributed by atoms with Crippen LogP contribution in [0.5, 0.6) is 0 Å². The van der Waals surface area contributed by atoms with Crippen LogP contribution in [0.1, 0.15) is 39.3 Å². The lowest BCUT2D eigenvalue weighted by atomic mass is 9.93. The van der Waals surface area contributed by atoms with Gasteiger partial charge in [-0.25, -0.2) is 9.79 Å². The second-order valence-corrected chi connectivity index (χ2v) is 7.84. The van der Waals surface area contributed by atoms with Crippen molar-refractivity contribution in [2.45, 2.75) is 45.1 Å². The minimum absolute atomic E-state index is 0.143. The summed E-state index contributed by atoms with van der Waals surface area (Å²) in [6.45, 7) is 6.82. The van der Waals surface area contributed by atoms with E-state index in [0.29, 0.717) is 10.9 Å². The molecule has 0 bridgehead atoms. The normalized spacial score (nSPS) is 22.0. The predicted octanol–water partition coefficient (Wildman–Crippen LogP) is 3.20. The van der Waals surface area contributed by atoms with Gasteiger partial charge in [-0.1, -0.05) is 23.9 Å². The molecular weight excluding hydrogens is 370 g/mol. The van der Waals surface area contributed by atoms with Crippen molar-refractivity contribution in [1.82, 2.24) is 4.90 Å². The number of aliphatic imine (C=N–C) groups is 1. The molecule has 2 heterocycles. The summed E-state index contributed by atoms with van der Waals surface area (Å²) in [5, 5.41) is 11.6. The number of ether oxygens (including phenoxy) is 1. The van der Waals surface area contributed by atoms with Crippen molar-refractivity contribution in [3.05, 3.63) is 51.2 Å². The number of hydrogen-bond acceptors (Lipinski definition) is 7. The molecule has 2 aliphatic heterocycles. The third-order valence-electron chi connectivity index (χ3n) is 4.25. The Morgan fingerprint density at radius 2 is 2.04 bits per heavy atom. The molecule has 3 rings (SSSR count). The van der Waals surface area contributed by atoms with Crippen molar-refractivity contribution >= 4 is 34.5 Å². The molecule has 1 amide bonds. The number of allylic oxidation sites excluding steroid dienone is 1. The van der Waals surface area contributed by atoms with Gasteiger partial charge in [-0.2, -0.15) is 0 Å². The maximum Gasteiger partial charge on any atom is 0.338 e. The summed E-state index contributed by atoms with van der Waals surface area (Å²) < 4.78 is 5.34. The van der Waals surface area contributed by atoms with E-state index in [-0.39, 0.29) is 34.1 Å². The van der Waals surface area contributed by atoms with Crippen LogP contribution in [0.4, 0.5) is 5.69 Å². The molecule has 27 heavy (non-hydrogen) atoms. The third kappa shape index (κ3) is 3.34. The quantitative estimate of drug-likeness (QED) is 0.445. The number of nitro benzene ring substituents is 1. The predicted molar refractivity (Wildman–Crippen MR) is 101 cm³/mol. The maximum atomic E-state index is 12.8. The van der Waals surface area contributed by atoms with E-state index in [2.05, 4.69) is 4.99 Å². The standard InChI is InChI=1S/C18H19N3O5S/c1-9(2)26-17(23)14-10(3)19-18-20(16(22)11(4)27-18)15(14)12-7-5-6-8-13(12)21(24)25/h5-9,11,15H,1-4H3/t11-,15+/m1/s1. The fraction of sp³-hybridized carbons (Fsp3) is 0.389. The van der Waals surface area contributed by atoms with Crippen molar-refractivity contribution in [1.29, 1.82) is 0 Å². The first-order valence-corrected chi connectivity index (χ1v) is 9.33. The first kappa shape index (κ1) is 19.1. The number of benzene rings is 1. The number of para-hydroxylation sites is 1. The van der Waals surface area contributed by atoms with Crippen molar-refractivity contribution in [2.24, 2.45) is 4.99 Å². The van der Waals surface area contributed by atoms with Crippen molar-refractivity contribution < 1.29 is 19.2 Å². The third-order valence-corrected chi connectivity index (χ3v) is 5.30. The summed E-state index contributed by atoms with van der Waals surface area (Å²) in [6.07, 6.45) is -0.378. The number of thioether (sulfide) groups is 1. The molecule has 0 aromatic heterocycles. The van der Waals surface area contributed by atoms with Crippen LogP contribution in [0.25, 0.3) is 0 Å². The van der Waals surface area contributed by atoms with Gasteiger partial charge in [0.25, 0.3) is 5.69 Å². The van der Waals surface area contributed by atoms with Gasteiger partial charge in [-0.3, -0.25) is 19.8 Å². The second kappa shape index (κ2) is 7.15. The molecule has 9 heteroatoms. The fourth-order valence-electron chi connectivity index (χ4n) is 3.12. The molecule has 0 aliphatic carbocycles. The number of carbonyl (C=O) groups excluding carboxylic acids is 2. The Balaban J connectivity index is 2.22. The lowest BCUT2D eigenvalue weighted by Gasteiger charge is -2.32. The minimum atomic E-state index is -0.949. The van der Waals surface area contributed by atoms with Crippen LogP contribution in [-0.2, 0) is 14.3 Å². The summed E-state index contributed by atoms with van der Waals surface area (Å²) >= 11 is 1.27. The maximum absolute atomic E-state index is 12.8. The Kier molecular flexibility index (Phi) is 5.05. The van der Waals surface area contributed by atoms with Crippen LogP contribution in [0, 0.1) is 10.1 Å². The molecule has 0 saturated carbocycles. The first-order valence-electron chi connectivity index (χ1n) is 8.45. The molecule has 2 aliphatic rings. The number of fused-ring (bicyclic) bond motifs is 1. The molecule has 1 aromatic rings. The topological polar surface area (TPSA) is 102 Å². The number of carbonyl (C=O) groups is 2. The van der Waals surface area contributed by atoms with Gasteiger partial charge in [-0.15, -0.1) is 0 Å². The fourth-order valence-corrected chi connectivity index (χ4v) is 4.15. The van der Waals surface area contributed by atoms with Crippen molar-refractivity contribution in [2.75, 3.05) is 0 Å². The molecule has 0 N–H and O–H groups in total. The summed E-state index contributed by atoms with van der Waals surface area (Å²) in [4.78, 5) is 42.4. The van der Waals surface area contributed by atoms with Gasteiger partial charge in [0.15, 0.2) is 5.17 Å². The minimum Gasteiger partial charge on any atom is -0.459 e. The van der Waals surface area contributed by atoms with Gasteiger partial charge in [0, 0.05) is 6.07 Å². The Morgan fingerprint density at radius 3 is 2.67 bits per heavy atom. The van der Waals surface area contributed by atoms with E-state index < -0.39 is 16.9 Å². The zero-order chi connectivity index (χ0) is 19.9. The number of esters is 1. The van der Waals surface area contributed by atoms with E-state index in [4.69, 9.17) is 4.74 Å². The summed E-state index contributed by atoms with van der Waals surface area (Å²) in [5.74, 6) is -0.880.